The monoisotopic (exact) mass is 253 g/mol. The van der Waals surface area contributed by atoms with Gasteiger partial charge in [-0.1, -0.05) is 20.3 Å². The largest absolute Gasteiger partial charge is 0.480 e. The molecule has 0 saturated carbocycles. The van der Waals surface area contributed by atoms with Crippen molar-refractivity contribution in [1.82, 2.24) is 14.9 Å². The van der Waals surface area contributed by atoms with Gasteiger partial charge in [0.25, 0.3) is 0 Å². The number of imidazole rings is 1. The molecule has 100 valence electrons. The molecular weight excluding hydrogens is 234 g/mol. The zero-order valence-corrected chi connectivity index (χ0v) is 10.7. The lowest BCUT2D eigenvalue weighted by Crippen LogP contribution is -2.44. The highest BCUT2D eigenvalue weighted by molar-refractivity contribution is 5.81. The molecule has 0 aliphatic rings. The molecule has 18 heavy (non-hydrogen) atoms. The van der Waals surface area contributed by atoms with E-state index in [1.807, 2.05) is 13.8 Å². The van der Waals surface area contributed by atoms with E-state index in [9.17, 15) is 9.59 Å². The van der Waals surface area contributed by atoms with Crippen molar-refractivity contribution in [3.8, 4) is 0 Å². The highest BCUT2D eigenvalue weighted by Crippen LogP contribution is 2.07. The van der Waals surface area contributed by atoms with Crippen molar-refractivity contribution in [1.29, 1.82) is 0 Å². The average molecular weight is 253 g/mol. The van der Waals surface area contributed by atoms with E-state index in [0.717, 1.165) is 6.42 Å². The third-order valence-electron chi connectivity index (χ3n) is 2.92. The lowest BCUT2D eigenvalue weighted by molar-refractivity contribution is -0.140. The van der Waals surface area contributed by atoms with Crippen LogP contribution in [0.1, 0.15) is 20.3 Å². The minimum Gasteiger partial charge on any atom is -0.480 e. The Morgan fingerprint density at radius 1 is 1.50 bits per heavy atom. The molecule has 0 aromatic carbocycles. The Kier molecular flexibility index (Phi) is 5.51. The van der Waals surface area contributed by atoms with Crippen molar-refractivity contribution in [2.45, 2.75) is 32.9 Å². The SMILES string of the molecule is CC[C@H](C)[C@H](NCC(=O)Cn1ccnc1)C(=O)O. The van der Waals surface area contributed by atoms with Gasteiger partial charge in [-0.2, -0.15) is 0 Å². The van der Waals surface area contributed by atoms with Gasteiger partial charge in [-0.05, 0) is 5.92 Å². The molecule has 0 unspecified atom stereocenters. The summed E-state index contributed by atoms with van der Waals surface area (Å²) < 4.78 is 1.66. The summed E-state index contributed by atoms with van der Waals surface area (Å²) in [5.41, 5.74) is 0. The van der Waals surface area contributed by atoms with Gasteiger partial charge < -0.3 is 9.67 Å². The van der Waals surface area contributed by atoms with Crippen LogP contribution < -0.4 is 5.32 Å². The molecular formula is C12H19N3O3. The predicted octanol–water partition coefficient (Wildman–Crippen LogP) is 0.541. The van der Waals surface area contributed by atoms with Crippen LogP contribution >= 0.6 is 0 Å². The lowest BCUT2D eigenvalue weighted by Gasteiger charge is -2.19. The second-order valence-electron chi connectivity index (χ2n) is 4.36. The van der Waals surface area contributed by atoms with E-state index in [2.05, 4.69) is 10.3 Å². The molecule has 0 fully saturated rings. The molecule has 0 bridgehead atoms. The quantitative estimate of drug-likeness (QED) is 0.706. The second kappa shape index (κ2) is 6.90. The van der Waals surface area contributed by atoms with Crippen molar-refractivity contribution in [2.75, 3.05) is 6.54 Å². The van der Waals surface area contributed by atoms with Crippen LogP contribution in [-0.2, 0) is 16.1 Å². The van der Waals surface area contributed by atoms with E-state index < -0.39 is 12.0 Å². The Hall–Kier alpha value is -1.69. The number of aliphatic carboxylic acids is 1. The summed E-state index contributed by atoms with van der Waals surface area (Å²) >= 11 is 0. The topological polar surface area (TPSA) is 84.2 Å². The number of ketones is 1. The van der Waals surface area contributed by atoms with Crippen LogP contribution in [0.5, 0.6) is 0 Å². The molecule has 0 spiro atoms. The number of carbonyl (C=O) groups is 2. The zero-order chi connectivity index (χ0) is 13.5. The second-order valence-corrected chi connectivity index (χ2v) is 4.36. The molecule has 2 N–H and O–H groups in total. The van der Waals surface area contributed by atoms with E-state index in [0.29, 0.717) is 0 Å². The summed E-state index contributed by atoms with van der Waals surface area (Å²) in [4.78, 5) is 26.5. The van der Waals surface area contributed by atoms with E-state index in [1.165, 1.54) is 0 Å². The third kappa shape index (κ3) is 4.29. The summed E-state index contributed by atoms with van der Waals surface area (Å²) in [6, 6.07) is -0.679. The zero-order valence-electron chi connectivity index (χ0n) is 10.7. The number of hydrogen-bond acceptors (Lipinski definition) is 4. The van der Waals surface area contributed by atoms with Crippen molar-refractivity contribution in [3.05, 3.63) is 18.7 Å². The number of carbonyl (C=O) groups excluding carboxylic acids is 1. The van der Waals surface area contributed by atoms with E-state index in [-0.39, 0.29) is 24.8 Å². The number of nitrogens with one attached hydrogen (secondary N) is 1. The van der Waals surface area contributed by atoms with Crippen molar-refractivity contribution >= 4 is 11.8 Å². The van der Waals surface area contributed by atoms with Crippen molar-refractivity contribution in [2.24, 2.45) is 5.92 Å². The van der Waals surface area contributed by atoms with Gasteiger partial charge in [-0.3, -0.25) is 14.9 Å². The highest BCUT2D eigenvalue weighted by atomic mass is 16.4. The van der Waals surface area contributed by atoms with Crippen LogP contribution in [0.4, 0.5) is 0 Å². The van der Waals surface area contributed by atoms with Gasteiger partial charge >= 0.3 is 5.97 Å². The van der Waals surface area contributed by atoms with Gasteiger partial charge in [0.05, 0.1) is 19.4 Å². The molecule has 1 aromatic heterocycles. The smallest absolute Gasteiger partial charge is 0.320 e. The van der Waals surface area contributed by atoms with Gasteiger partial charge in [0, 0.05) is 12.4 Å². The maximum absolute atomic E-state index is 11.6. The van der Waals surface area contributed by atoms with Crippen LogP contribution in [0.3, 0.4) is 0 Å². The Bertz CT molecular complexity index is 389. The minimum atomic E-state index is -0.917. The fourth-order valence-electron chi connectivity index (χ4n) is 1.63. The summed E-state index contributed by atoms with van der Waals surface area (Å²) in [6.45, 7) is 4.04. The first-order chi connectivity index (χ1) is 8.54. The van der Waals surface area contributed by atoms with E-state index in [1.54, 1.807) is 23.3 Å². The predicted molar refractivity (Wildman–Crippen MR) is 66.1 cm³/mol. The lowest BCUT2D eigenvalue weighted by atomic mass is 9.99. The fraction of sp³-hybridized carbons (Fsp3) is 0.583. The van der Waals surface area contributed by atoms with Gasteiger partial charge in [-0.25, -0.2) is 4.98 Å². The summed E-state index contributed by atoms with van der Waals surface area (Å²) in [7, 11) is 0. The average Bonchev–Trinajstić information content (AvgIpc) is 2.81. The first-order valence-corrected chi connectivity index (χ1v) is 5.98. The van der Waals surface area contributed by atoms with Crippen LogP contribution in [-0.4, -0.2) is 39.0 Å². The minimum absolute atomic E-state index is 0.0106. The Morgan fingerprint density at radius 3 is 2.72 bits per heavy atom. The van der Waals surface area contributed by atoms with E-state index >= 15 is 0 Å². The first kappa shape index (κ1) is 14.4. The Morgan fingerprint density at radius 2 is 2.22 bits per heavy atom. The van der Waals surface area contributed by atoms with Crippen molar-refractivity contribution in [3.63, 3.8) is 0 Å². The Balaban J connectivity index is 2.42. The molecule has 0 radical (unpaired) electrons. The number of hydrogen-bond donors (Lipinski definition) is 2. The van der Waals surface area contributed by atoms with Crippen molar-refractivity contribution < 1.29 is 14.7 Å². The molecule has 1 rings (SSSR count). The molecule has 1 heterocycles. The highest BCUT2D eigenvalue weighted by Gasteiger charge is 2.23. The summed E-state index contributed by atoms with van der Waals surface area (Å²) in [5.74, 6) is -0.995. The molecule has 1 aromatic rings. The number of aromatic nitrogens is 2. The van der Waals surface area contributed by atoms with Gasteiger partial charge in [0.1, 0.15) is 6.04 Å². The molecule has 2 atom stereocenters. The molecule has 0 aliphatic carbocycles. The number of nitrogens with zero attached hydrogens (tertiary/aromatic N) is 2. The molecule has 6 nitrogen and oxygen atoms in total. The number of rotatable bonds is 8. The number of Topliss-reactive ketones (excluding diaryl/α,β-unsaturated/α-hetero) is 1. The summed E-state index contributed by atoms with van der Waals surface area (Å²) in [6.07, 6.45) is 5.60. The molecule has 0 aliphatic heterocycles. The molecule has 0 amide bonds. The number of carboxylic acid groups (broad SMARTS) is 1. The maximum Gasteiger partial charge on any atom is 0.320 e. The van der Waals surface area contributed by atoms with Crippen LogP contribution in [0.15, 0.2) is 18.7 Å². The fourth-order valence-corrected chi connectivity index (χ4v) is 1.63. The third-order valence-corrected chi connectivity index (χ3v) is 2.92. The summed E-state index contributed by atoms with van der Waals surface area (Å²) in [5, 5.41) is 11.9. The number of carboxylic acids is 1. The maximum atomic E-state index is 11.6. The van der Waals surface area contributed by atoms with Gasteiger partial charge in [-0.15, -0.1) is 0 Å². The van der Waals surface area contributed by atoms with Crippen LogP contribution in [0.2, 0.25) is 0 Å². The standard InChI is InChI=1S/C12H19N3O3/c1-3-9(2)11(12(17)18)14-6-10(16)7-15-5-4-13-8-15/h4-5,8-9,11,14H,3,6-7H2,1-2H3,(H,17,18)/t9-,11-/m0/s1. The molecule has 0 saturated heterocycles. The normalized spacial score (nSPS) is 14.1. The van der Waals surface area contributed by atoms with Gasteiger partial charge in [0.15, 0.2) is 5.78 Å². The molecule has 6 heteroatoms. The van der Waals surface area contributed by atoms with Crippen LogP contribution in [0, 0.1) is 5.92 Å². The van der Waals surface area contributed by atoms with Gasteiger partial charge in [0.2, 0.25) is 0 Å². The van der Waals surface area contributed by atoms with E-state index in [4.69, 9.17) is 5.11 Å². The Labute approximate surface area is 106 Å². The first-order valence-electron chi connectivity index (χ1n) is 5.98. The van der Waals surface area contributed by atoms with Crippen LogP contribution in [0.25, 0.3) is 0 Å².